The van der Waals surface area contributed by atoms with Crippen molar-refractivity contribution in [3.8, 4) is 5.75 Å². The molecule has 0 bridgehead atoms. The van der Waals surface area contributed by atoms with Crippen molar-refractivity contribution in [3.05, 3.63) is 111 Å². The van der Waals surface area contributed by atoms with Gasteiger partial charge in [0, 0.05) is 59.9 Å². The van der Waals surface area contributed by atoms with E-state index in [2.05, 4.69) is 55.4 Å². The zero-order chi connectivity index (χ0) is 29.1. The van der Waals surface area contributed by atoms with Crippen molar-refractivity contribution < 1.29 is 4.74 Å². The summed E-state index contributed by atoms with van der Waals surface area (Å²) in [5, 5.41) is 14.6. The van der Waals surface area contributed by atoms with Gasteiger partial charge in [0.05, 0.1) is 6.61 Å². The highest BCUT2D eigenvalue weighted by Gasteiger charge is 2.33. The number of benzene rings is 3. The number of tetrazole rings is 1. The number of nitrogens with zero attached hydrogens (tertiary/aromatic N) is 6. The van der Waals surface area contributed by atoms with E-state index in [0.717, 1.165) is 60.0 Å². The Kier molecular flexibility index (Phi) is 8.21. The number of rotatable bonds is 9. The molecular formula is C32H34ClN7O2. The summed E-state index contributed by atoms with van der Waals surface area (Å²) in [5.74, 6) is 1.42. The van der Waals surface area contributed by atoms with Crippen molar-refractivity contribution in [1.82, 2.24) is 30.1 Å². The molecule has 0 amide bonds. The average molecular weight is 584 g/mol. The number of aromatic nitrogens is 5. The van der Waals surface area contributed by atoms with E-state index in [1.54, 1.807) is 0 Å². The Morgan fingerprint density at radius 1 is 1.00 bits per heavy atom. The van der Waals surface area contributed by atoms with Crippen molar-refractivity contribution in [1.29, 1.82) is 0 Å². The Balaban J connectivity index is 1.36. The lowest BCUT2D eigenvalue weighted by Crippen LogP contribution is -2.49. The number of anilines is 1. The van der Waals surface area contributed by atoms with Crippen LogP contribution in [0.5, 0.6) is 5.75 Å². The van der Waals surface area contributed by atoms with E-state index in [9.17, 15) is 4.79 Å². The minimum atomic E-state index is -0.428. The molecule has 0 saturated carbocycles. The lowest BCUT2D eigenvalue weighted by molar-refractivity contribution is 0.199. The Morgan fingerprint density at radius 3 is 2.60 bits per heavy atom. The first-order valence-electron chi connectivity index (χ1n) is 14.3. The highest BCUT2D eigenvalue weighted by molar-refractivity contribution is 6.30. The Bertz CT molecular complexity index is 1730. The number of hydrogen-bond donors (Lipinski definition) is 1. The molecule has 2 aromatic heterocycles. The summed E-state index contributed by atoms with van der Waals surface area (Å²) in [7, 11) is 0. The quantitative estimate of drug-likeness (QED) is 0.260. The van der Waals surface area contributed by atoms with Gasteiger partial charge >= 0.3 is 0 Å². The first-order chi connectivity index (χ1) is 20.5. The van der Waals surface area contributed by atoms with Crippen LogP contribution < -0.4 is 15.2 Å². The number of aromatic amines is 1. The zero-order valence-electron chi connectivity index (χ0n) is 23.8. The van der Waals surface area contributed by atoms with Crippen molar-refractivity contribution in [3.63, 3.8) is 0 Å². The maximum Gasteiger partial charge on any atom is 0.253 e. The van der Waals surface area contributed by atoms with Gasteiger partial charge in [-0.2, -0.15) is 0 Å². The lowest BCUT2D eigenvalue weighted by Gasteiger charge is -2.40. The molecule has 1 aliphatic heterocycles. The third-order valence-electron chi connectivity index (χ3n) is 7.90. The standard InChI is InChI=1S/C32H34ClN7O2/c1-3-42-26-11-12-28-24(19-26)20-27(32(41)34-28)30(31-35-36-37-40(31)14-13-23-7-5-4-6-8-23)39-17-15-38(16-18-39)29-21-25(33)10-9-22(29)2/h4-12,19-21,30H,3,13-18H2,1-2H3,(H,34,41)/t30-/m0/s1. The number of pyridine rings is 1. The minimum Gasteiger partial charge on any atom is -0.494 e. The van der Waals surface area contributed by atoms with Crippen molar-refractivity contribution in [2.45, 2.75) is 32.9 Å². The fraction of sp³-hybridized carbons (Fsp3) is 0.312. The summed E-state index contributed by atoms with van der Waals surface area (Å²) in [6, 6.07) is 23.5. The molecule has 1 aliphatic rings. The molecule has 1 fully saturated rings. The Morgan fingerprint density at radius 2 is 1.81 bits per heavy atom. The minimum absolute atomic E-state index is 0.151. The largest absolute Gasteiger partial charge is 0.494 e. The molecular weight excluding hydrogens is 550 g/mol. The molecule has 42 heavy (non-hydrogen) atoms. The van der Waals surface area contributed by atoms with Crippen LogP contribution in [0.3, 0.4) is 0 Å². The van der Waals surface area contributed by atoms with Crippen LogP contribution in [0, 0.1) is 6.92 Å². The first-order valence-corrected chi connectivity index (χ1v) is 14.7. The van der Waals surface area contributed by atoms with E-state index in [4.69, 9.17) is 16.3 Å². The second kappa shape index (κ2) is 12.3. The zero-order valence-corrected chi connectivity index (χ0v) is 24.6. The molecule has 0 spiro atoms. The number of aryl methyl sites for hydroxylation is 3. The molecule has 10 heteroatoms. The number of piperazine rings is 1. The maximum atomic E-state index is 13.7. The smallest absolute Gasteiger partial charge is 0.253 e. The number of nitrogens with one attached hydrogen (secondary N) is 1. The Hall–Kier alpha value is -4.21. The van der Waals surface area contributed by atoms with E-state index in [0.29, 0.717) is 24.5 Å². The highest BCUT2D eigenvalue weighted by atomic mass is 35.5. The van der Waals surface area contributed by atoms with Crippen LogP contribution in [-0.4, -0.2) is 62.9 Å². The van der Waals surface area contributed by atoms with Gasteiger partial charge in [0.25, 0.3) is 5.56 Å². The summed E-state index contributed by atoms with van der Waals surface area (Å²) in [4.78, 5) is 21.4. The molecule has 5 aromatic rings. The number of hydrogen-bond acceptors (Lipinski definition) is 7. The molecule has 3 heterocycles. The van der Waals surface area contributed by atoms with Crippen LogP contribution in [0.1, 0.15) is 35.5 Å². The molecule has 0 unspecified atom stereocenters. The monoisotopic (exact) mass is 583 g/mol. The predicted molar refractivity (Wildman–Crippen MR) is 166 cm³/mol. The van der Waals surface area contributed by atoms with E-state index in [1.165, 1.54) is 11.1 Å². The van der Waals surface area contributed by atoms with Crippen LogP contribution in [0.4, 0.5) is 5.69 Å². The van der Waals surface area contributed by atoms with Crippen molar-refractivity contribution in [2.75, 3.05) is 37.7 Å². The summed E-state index contributed by atoms with van der Waals surface area (Å²) < 4.78 is 7.58. The van der Waals surface area contributed by atoms with Gasteiger partial charge in [-0.3, -0.25) is 9.69 Å². The third kappa shape index (κ3) is 5.89. The van der Waals surface area contributed by atoms with Crippen LogP contribution >= 0.6 is 11.6 Å². The van der Waals surface area contributed by atoms with Crippen LogP contribution in [0.15, 0.2) is 77.6 Å². The maximum absolute atomic E-state index is 13.7. The number of fused-ring (bicyclic) bond motifs is 1. The second-order valence-electron chi connectivity index (χ2n) is 10.6. The van der Waals surface area contributed by atoms with Gasteiger partial charge in [-0.15, -0.1) is 5.10 Å². The number of ether oxygens (including phenoxy) is 1. The number of H-pyrrole nitrogens is 1. The van der Waals surface area contributed by atoms with Gasteiger partial charge in [-0.25, -0.2) is 4.68 Å². The van der Waals surface area contributed by atoms with Crippen LogP contribution in [0.25, 0.3) is 10.9 Å². The Labute approximate surface area is 249 Å². The van der Waals surface area contributed by atoms with E-state index in [1.807, 2.05) is 66.2 Å². The summed E-state index contributed by atoms with van der Waals surface area (Å²) in [6.07, 6.45) is 0.777. The average Bonchev–Trinajstić information content (AvgIpc) is 3.47. The van der Waals surface area contributed by atoms with E-state index < -0.39 is 6.04 Å². The molecule has 216 valence electrons. The van der Waals surface area contributed by atoms with E-state index >= 15 is 0 Å². The molecule has 0 radical (unpaired) electrons. The van der Waals surface area contributed by atoms with Crippen molar-refractivity contribution >= 4 is 28.2 Å². The molecule has 0 aliphatic carbocycles. The molecule has 1 atom stereocenters. The van der Waals surface area contributed by atoms with Crippen LogP contribution in [0.2, 0.25) is 5.02 Å². The topological polar surface area (TPSA) is 92.2 Å². The highest BCUT2D eigenvalue weighted by Crippen LogP contribution is 2.31. The van der Waals surface area contributed by atoms with Gasteiger partial charge in [0.1, 0.15) is 11.8 Å². The number of halogens is 1. The molecule has 9 nitrogen and oxygen atoms in total. The van der Waals surface area contributed by atoms with Crippen LogP contribution in [-0.2, 0) is 13.0 Å². The molecule has 6 rings (SSSR count). The van der Waals surface area contributed by atoms with E-state index in [-0.39, 0.29) is 5.56 Å². The molecule has 3 aromatic carbocycles. The fourth-order valence-electron chi connectivity index (χ4n) is 5.75. The normalized spacial score (nSPS) is 14.8. The summed E-state index contributed by atoms with van der Waals surface area (Å²) in [6.45, 7) is 8.23. The van der Waals surface area contributed by atoms with Crippen molar-refractivity contribution in [2.24, 2.45) is 0 Å². The molecule has 1 saturated heterocycles. The summed E-state index contributed by atoms with van der Waals surface area (Å²) >= 11 is 6.34. The van der Waals surface area contributed by atoms with Gasteiger partial charge < -0.3 is 14.6 Å². The molecule has 1 N–H and O–H groups in total. The second-order valence-corrected chi connectivity index (χ2v) is 11.0. The van der Waals surface area contributed by atoms with Gasteiger partial charge in [0.2, 0.25) is 0 Å². The van der Waals surface area contributed by atoms with Gasteiger partial charge in [0.15, 0.2) is 5.82 Å². The SMILES string of the molecule is CCOc1ccc2[nH]c(=O)c([C@@H](c3nnnn3CCc3ccccc3)N3CCN(c4cc(Cl)ccc4C)CC3)cc2c1. The lowest BCUT2D eigenvalue weighted by atomic mass is 10.0. The van der Waals surface area contributed by atoms with Gasteiger partial charge in [-0.1, -0.05) is 48.0 Å². The fourth-order valence-corrected chi connectivity index (χ4v) is 5.92. The predicted octanol–water partition coefficient (Wildman–Crippen LogP) is 5.03. The first kappa shape index (κ1) is 27.9. The van der Waals surface area contributed by atoms with Gasteiger partial charge in [-0.05, 0) is 78.2 Å². The third-order valence-corrected chi connectivity index (χ3v) is 8.14. The summed E-state index contributed by atoms with van der Waals surface area (Å²) in [5.41, 5.74) is 4.74.